The molecule has 1 atom stereocenters. The number of methoxy groups -OCH3 is 2. The molecule has 1 fully saturated rings. The average Bonchev–Trinajstić information content (AvgIpc) is 3.23. The molecule has 1 aromatic heterocycles. The van der Waals surface area contributed by atoms with Gasteiger partial charge in [-0.15, -0.1) is 0 Å². The number of rotatable bonds is 4. The Hall–Kier alpha value is -2.70. The topological polar surface area (TPSA) is 76.8 Å². The number of aromatic nitrogens is 1. The molecule has 0 bridgehead atoms. The third-order valence-corrected chi connectivity index (χ3v) is 4.12. The van der Waals surface area contributed by atoms with E-state index in [4.69, 9.17) is 14.0 Å². The average molecular weight is 331 g/mol. The second-order valence-corrected chi connectivity index (χ2v) is 5.72. The maximum absolute atomic E-state index is 12.6. The number of urea groups is 1. The lowest BCUT2D eigenvalue weighted by atomic mass is 10.1. The van der Waals surface area contributed by atoms with Crippen LogP contribution >= 0.6 is 0 Å². The van der Waals surface area contributed by atoms with Crippen LogP contribution in [0, 0.1) is 6.92 Å². The van der Waals surface area contributed by atoms with E-state index in [1.807, 2.05) is 13.0 Å². The van der Waals surface area contributed by atoms with Gasteiger partial charge < -0.3 is 24.2 Å². The Morgan fingerprint density at radius 1 is 1.29 bits per heavy atom. The van der Waals surface area contributed by atoms with Crippen molar-refractivity contribution >= 4 is 11.7 Å². The first kappa shape index (κ1) is 16.2. The zero-order chi connectivity index (χ0) is 17.1. The molecule has 0 spiro atoms. The smallest absolute Gasteiger partial charge is 0.322 e. The van der Waals surface area contributed by atoms with Crippen molar-refractivity contribution in [1.29, 1.82) is 0 Å². The molecule has 1 aromatic carbocycles. The van der Waals surface area contributed by atoms with Crippen LogP contribution in [0.4, 0.5) is 10.5 Å². The highest BCUT2D eigenvalue weighted by atomic mass is 16.5. The summed E-state index contributed by atoms with van der Waals surface area (Å²) >= 11 is 0. The quantitative estimate of drug-likeness (QED) is 0.929. The molecule has 0 radical (unpaired) electrons. The maximum Gasteiger partial charge on any atom is 0.322 e. The van der Waals surface area contributed by atoms with Crippen LogP contribution in [-0.2, 0) is 0 Å². The first-order chi connectivity index (χ1) is 11.6. The van der Waals surface area contributed by atoms with Crippen LogP contribution in [-0.4, -0.2) is 36.9 Å². The predicted octanol–water partition coefficient (Wildman–Crippen LogP) is 3.37. The monoisotopic (exact) mass is 331 g/mol. The van der Waals surface area contributed by atoms with Gasteiger partial charge in [0.25, 0.3) is 0 Å². The molecule has 7 nitrogen and oxygen atoms in total. The van der Waals surface area contributed by atoms with Crippen LogP contribution in [0.25, 0.3) is 0 Å². The number of carbonyl (C=O) groups is 1. The Morgan fingerprint density at radius 2 is 2.08 bits per heavy atom. The summed E-state index contributed by atoms with van der Waals surface area (Å²) < 4.78 is 15.8. The number of benzene rings is 1. The lowest BCUT2D eigenvalue weighted by Crippen LogP contribution is -2.34. The second kappa shape index (κ2) is 6.82. The van der Waals surface area contributed by atoms with E-state index < -0.39 is 0 Å². The summed E-state index contributed by atoms with van der Waals surface area (Å²) in [5, 5.41) is 6.82. The molecule has 1 saturated heterocycles. The van der Waals surface area contributed by atoms with Gasteiger partial charge in [-0.1, -0.05) is 5.16 Å². The van der Waals surface area contributed by atoms with E-state index in [9.17, 15) is 4.79 Å². The van der Waals surface area contributed by atoms with Crippen molar-refractivity contribution in [3.8, 4) is 11.5 Å². The van der Waals surface area contributed by atoms with Gasteiger partial charge in [0.15, 0.2) is 17.3 Å². The van der Waals surface area contributed by atoms with E-state index in [0.29, 0.717) is 23.7 Å². The standard InChI is InChI=1S/C17H21N3O4/c1-11-9-15(24-19-11)13-5-4-8-20(13)17(21)18-12-6-7-14(22-2)16(10-12)23-3/h6-7,9-10,13H,4-5,8H2,1-3H3,(H,18,21). The number of nitrogens with one attached hydrogen (secondary N) is 1. The molecule has 3 rings (SSSR count). The summed E-state index contributed by atoms with van der Waals surface area (Å²) in [5.41, 5.74) is 1.47. The van der Waals surface area contributed by atoms with E-state index in [-0.39, 0.29) is 12.1 Å². The molecule has 1 aliphatic rings. The van der Waals surface area contributed by atoms with Gasteiger partial charge in [-0.25, -0.2) is 4.79 Å². The zero-order valence-corrected chi connectivity index (χ0v) is 14.0. The van der Waals surface area contributed by atoms with Crippen molar-refractivity contribution in [2.45, 2.75) is 25.8 Å². The van der Waals surface area contributed by atoms with E-state index in [1.165, 1.54) is 0 Å². The molecule has 2 heterocycles. The molecule has 2 amide bonds. The third kappa shape index (κ3) is 3.15. The van der Waals surface area contributed by atoms with Gasteiger partial charge in [-0.3, -0.25) is 0 Å². The molecular weight excluding hydrogens is 310 g/mol. The van der Waals surface area contributed by atoms with Gasteiger partial charge in [-0.2, -0.15) is 0 Å². The third-order valence-electron chi connectivity index (χ3n) is 4.12. The molecule has 2 aromatic rings. The van der Waals surface area contributed by atoms with E-state index in [2.05, 4.69) is 10.5 Å². The number of ether oxygens (including phenoxy) is 2. The summed E-state index contributed by atoms with van der Waals surface area (Å²) in [4.78, 5) is 14.4. The summed E-state index contributed by atoms with van der Waals surface area (Å²) in [6.07, 6.45) is 1.80. The lowest BCUT2D eigenvalue weighted by molar-refractivity contribution is 0.195. The van der Waals surface area contributed by atoms with Crippen LogP contribution in [0.15, 0.2) is 28.8 Å². The number of amides is 2. The largest absolute Gasteiger partial charge is 0.493 e. The highest BCUT2D eigenvalue weighted by molar-refractivity contribution is 5.90. The minimum absolute atomic E-state index is 0.0775. The molecule has 0 saturated carbocycles. The van der Waals surface area contributed by atoms with E-state index >= 15 is 0 Å². The normalized spacial score (nSPS) is 17.0. The Bertz CT molecular complexity index is 728. The summed E-state index contributed by atoms with van der Waals surface area (Å²) in [6.45, 7) is 2.56. The number of carbonyl (C=O) groups excluding carboxylic acids is 1. The number of nitrogens with zero attached hydrogens (tertiary/aromatic N) is 2. The molecule has 1 unspecified atom stereocenters. The number of aryl methyl sites for hydroxylation is 1. The Labute approximate surface area is 140 Å². The van der Waals surface area contributed by atoms with Gasteiger partial charge >= 0.3 is 6.03 Å². The SMILES string of the molecule is COc1ccc(NC(=O)N2CCCC2c2cc(C)no2)cc1OC. The van der Waals surface area contributed by atoms with Crippen LogP contribution in [0.1, 0.15) is 30.3 Å². The van der Waals surface area contributed by atoms with Crippen molar-refractivity contribution in [3.05, 3.63) is 35.7 Å². The number of hydrogen-bond acceptors (Lipinski definition) is 5. The molecule has 0 aliphatic carbocycles. The van der Waals surface area contributed by atoms with Crippen LogP contribution in [0.5, 0.6) is 11.5 Å². The summed E-state index contributed by atoms with van der Waals surface area (Å²) in [7, 11) is 3.14. The predicted molar refractivity (Wildman–Crippen MR) is 88.5 cm³/mol. The van der Waals surface area contributed by atoms with Crippen LogP contribution in [0.3, 0.4) is 0 Å². The first-order valence-corrected chi connectivity index (χ1v) is 7.85. The highest BCUT2D eigenvalue weighted by Crippen LogP contribution is 2.34. The molecular formula is C17H21N3O4. The van der Waals surface area contributed by atoms with Crippen molar-refractivity contribution in [2.24, 2.45) is 0 Å². The Morgan fingerprint density at radius 3 is 2.75 bits per heavy atom. The van der Waals surface area contributed by atoms with E-state index in [1.54, 1.807) is 37.3 Å². The summed E-state index contributed by atoms with van der Waals surface area (Å²) in [5.74, 6) is 1.92. The fourth-order valence-corrected chi connectivity index (χ4v) is 2.96. The second-order valence-electron chi connectivity index (χ2n) is 5.72. The Kier molecular flexibility index (Phi) is 4.59. The van der Waals surface area contributed by atoms with Gasteiger partial charge in [0.2, 0.25) is 0 Å². The van der Waals surface area contributed by atoms with Gasteiger partial charge in [0, 0.05) is 24.4 Å². The number of hydrogen-bond donors (Lipinski definition) is 1. The maximum atomic E-state index is 12.6. The van der Waals surface area contributed by atoms with Gasteiger partial charge in [-0.05, 0) is 31.9 Å². The summed E-state index contributed by atoms with van der Waals surface area (Å²) in [6, 6.07) is 6.91. The van der Waals surface area contributed by atoms with Crippen molar-refractivity contribution < 1.29 is 18.8 Å². The lowest BCUT2D eigenvalue weighted by Gasteiger charge is -2.23. The first-order valence-electron chi connectivity index (χ1n) is 7.85. The van der Waals surface area contributed by atoms with Gasteiger partial charge in [0.05, 0.1) is 26.0 Å². The van der Waals surface area contributed by atoms with Crippen molar-refractivity contribution in [3.63, 3.8) is 0 Å². The number of anilines is 1. The molecule has 128 valence electrons. The highest BCUT2D eigenvalue weighted by Gasteiger charge is 2.32. The van der Waals surface area contributed by atoms with E-state index in [0.717, 1.165) is 24.3 Å². The zero-order valence-electron chi connectivity index (χ0n) is 14.0. The fraction of sp³-hybridized carbons (Fsp3) is 0.412. The van der Waals surface area contributed by atoms with Crippen LogP contribution in [0.2, 0.25) is 0 Å². The van der Waals surface area contributed by atoms with Crippen LogP contribution < -0.4 is 14.8 Å². The van der Waals surface area contributed by atoms with Gasteiger partial charge in [0.1, 0.15) is 0 Å². The Balaban J connectivity index is 1.74. The minimum Gasteiger partial charge on any atom is -0.493 e. The van der Waals surface area contributed by atoms with Crippen molar-refractivity contribution in [2.75, 3.05) is 26.1 Å². The molecule has 7 heteroatoms. The molecule has 24 heavy (non-hydrogen) atoms. The fourth-order valence-electron chi connectivity index (χ4n) is 2.96. The number of likely N-dealkylation sites (tertiary alicyclic amines) is 1. The molecule has 1 aliphatic heterocycles. The van der Waals surface area contributed by atoms with Crippen molar-refractivity contribution in [1.82, 2.24) is 10.1 Å². The molecule has 1 N–H and O–H groups in total. The minimum atomic E-state index is -0.168.